The predicted molar refractivity (Wildman–Crippen MR) is 130 cm³/mol. The number of carboxylic acids is 1. The number of nitrogens with zero attached hydrogens (tertiary/aromatic N) is 3. The summed E-state index contributed by atoms with van der Waals surface area (Å²) in [6.45, 7) is 5.58. The molecular formula is C25H26FN3O4S. The highest BCUT2D eigenvalue weighted by Crippen LogP contribution is 2.48. The van der Waals surface area contributed by atoms with Gasteiger partial charge in [-0.2, -0.15) is 5.10 Å². The lowest BCUT2D eigenvalue weighted by molar-refractivity contribution is -0.136. The fourth-order valence-electron chi connectivity index (χ4n) is 4.01. The summed E-state index contributed by atoms with van der Waals surface area (Å²) in [6, 6.07) is 13.4. The SMILES string of the molecule is COc1ccc(-n2nc(C(C)(C)C)c3c2N(CC(=O)O)C(=O)CSC3c2ccc(F)cc2)cc1. The number of methoxy groups -OCH3 is 1. The average molecular weight is 484 g/mol. The van der Waals surface area contributed by atoms with E-state index in [1.165, 1.54) is 28.8 Å². The first-order valence-electron chi connectivity index (χ1n) is 10.8. The highest BCUT2D eigenvalue weighted by atomic mass is 32.2. The fraction of sp³-hybridized carbons (Fsp3) is 0.320. The van der Waals surface area contributed by atoms with E-state index in [0.29, 0.717) is 17.3 Å². The Labute approximate surface area is 201 Å². The van der Waals surface area contributed by atoms with Crippen LogP contribution in [0.15, 0.2) is 48.5 Å². The first-order valence-corrected chi connectivity index (χ1v) is 11.8. The molecule has 9 heteroatoms. The molecule has 7 nitrogen and oxygen atoms in total. The van der Waals surface area contributed by atoms with Crippen molar-refractivity contribution >= 4 is 29.5 Å². The van der Waals surface area contributed by atoms with Crippen LogP contribution in [0.25, 0.3) is 5.69 Å². The minimum absolute atomic E-state index is 0.0796. The number of carbonyl (C=O) groups excluding carboxylic acids is 1. The van der Waals surface area contributed by atoms with Gasteiger partial charge < -0.3 is 9.84 Å². The van der Waals surface area contributed by atoms with E-state index < -0.39 is 17.9 Å². The van der Waals surface area contributed by atoms with E-state index in [1.807, 2.05) is 32.9 Å². The molecule has 1 amide bonds. The van der Waals surface area contributed by atoms with Crippen LogP contribution in [0, 0.1) is 5.82 Å². The molecule has 2 aromatic carbocycles. The van der Waals surface area contributed by atoms with Gasteiger partial charge in [-0.3, -0.25) is 14.5 Å². The minimum Gasteiger partial charge on any atom is -0.497 e. The molecule has 0 fully saturated rings. The van der Waals surface area contributed by atoms with Crippen molar-refractivity contribution in [1.29, 1.82) is 0 Å². The van der Waals surface area contributed by atoms with Crippen LogP contribution in [-0.4, -0.2) is 46.2 Å². The lowest BCUT2D eigenvalue weighted by atomic mass is 9.87. The second-order valence-corrected chi connectivity index (χ2v) is 10.2. The summed E-state index contributed by atoms with van der Waals surface area (Å²) in [7, 11) is 1.57. The quantitative estimate of drug-likeness (QED) is 0.572. The Morgan fingerprint density at radius 3 is 2.38 bits per heavy atom. The van der Waals surface area contributed by atoms with Crippen LogP contribution in [0.4, 0.5) is 10.2 Å². The molecule has 1 N–H and O–H groups in total. The summed E-state index contributed by atoms with van der Waals surface area (Å²) in [5.74, 6) is -0.636. The zero-order valence-corrected chi connectivity index (χ0v) is 20.2. The van der Waals surface area contributed by atoms with Crippen molar-refractivity contribution in [2.75, 3.05) is 24.3 Å². The topological polar surface area (TPSA) is 84.7 Å². The summed E-state index contributed by atoms with van der Waals surface area (Å²) in [5.41, 5.74) is 2.57. The summed E-state index contributed by atoms with van der Waals surface area (Å²) >= 11 is 1.39. The van der Waals surface area contributed by atoms with Gasteiger partial charge in [0.25, 0.3) is 0 Å². The summed E-state index contributed by atoms with van der Waals surface area (Å²) < 4.78 is 20.6. The van der Waals surface area contributed by atoms with Crippen LogP contribution in [0.3, 0.4) is 0 Å². The van der Waals surface area contributed by atoms with E-state index in [9.17, 15) is 19.1 Å². The second-order valence-electron chi connectivity index (χ2n) is 9.06. The van der Waals surface area contributed by atoms with Crippen molar-refractivity contribution < 1.29 is 23.8 Å². The smallest absolute Gasteiger partial charge is 0.323 e. The number of halogens is 1. The molecule has 0 aliphatic carbocycles. The van der Waals surface area contributed by atoms with Crippen molar-refractivity contribution in [1.82, 2.24) is 9.78 Å². The number of aromatic nitrogens is 2. The Kier molecular flexibility index (Phi) is 6.40. The first kappa shape index (κ1) is 23.8. The van der Waals surface area contributed by atoms with Gasteiger partial charge in [0.1, 0.15) is 23.9 Å². The van der Waals surface area contributed by atoms with Crippen molar-refractivity contribution in [3.05, 3.63) is 71.2 Å². The lowest BCUT2D eigenvalue weighted by Gasteiger charge is -2.24. The normalized spacial score (nSPS) is 16.2. The van der Waals surface area contributed by atoms with E-state index >= 15 is 0 Å². The van der Waals surface area contributed by atoms with E-state index in [0.717, 1.165) is 16.8 Å². The van der Waals surface area contributed by atoms with E-state index in [2.05, 4.69) is 0 Å². The number of aliphatic carboxylic acids is 1. The van der Waals surface area contributed by atoms with Gasteiger partial charge in [0.15, 0.2) is 0 Å². The molecule has 4 rings (SSSR count). The lowest BCUT2D eigenvalue weighted by Crippen LogP contribution is -2.38. The van der Waals surface area contributed by atoms with Gasteiger partial charge in [0, 0.05) is 11.0 Å². The number of thioether (sulfide) groups is 1. The Morgan fingerprint density at radius 2 is 1.82 bits per heavy atom. The van der Waals surface area contributed by atoms with Crippen LogP contribution in [-0.2, 0) is 15.0 Å². The highest BCUT2D eigenvalue weighted by Gasteiger charge is 2.39. The van der Waals surface area contributed by atoms with Crippen LogP contribution >= 0.6 is 11.8 Å². The maximum absolute atomic E-state index is 13.7. The summed E-state index contributed by atoms with van der Waals surface area (Å²) in [6.07, 6.45) is 0. The van der Waals surface area contributed by atoms with Crippen molar-refractivity contribution in [2.45, 2.75) is 31.4 Å². The number of anilines is 1. The number of benzene rings is 2. The standard InChI is InChI=1S/C25H26FN3O4S/c1-25(2,3)23-21-22(15-5-7-16(26)8-6-15)34-14-19(30)28(13-20(31)32)24(21)29(27-23)17-9-11-18(33-4)12-10-17/h5-12,22H,13-14H2,1-4H3,(H,31,32). The fourth-order valence-corrected chi connectivity index (χ4v) is 5.21. The molecule has 1 aliphatic heterocycles. The Hall–Kier alpha value is -3.33. The third kappa shape index (κ3) is 4.52. The van der Waals surface area contributed by atoms with Crippen molar-refractivity contribution in [3.8, 4) is 11.4 Å². The minimum atomic E-state index is -1.12. The third-order valence-corrected chi connectivity index (χ3v) is 6.84. The molecule has 3 aromatic rings. The summed E-state index contributed by atoms with van der Waals surface area (Å²) in [5, 5.41) is 14.2. The number of carboxylic acid groups (broad SMARTS) is 1. The van der Waals surface area contributed by atoms with E-state index in [-0.39, 0.29) is 22.7 Å². The molecule has 0 radical (unpaired) electrons. The van der Waals surface area contributed by atoms with Crippen molar-refractivity contribution in [2.24, 2.45) is 0 Å². The number of rotatable bonds is 5. The number of hydrogen-bond acceptors (Lipinski definition) is 5. The summed E-state index contributed by atoms with van der Waals surface area (Å²) in [4.78, 5) is 26.3. The van der Waals surface area contributed by atoms with Crippen LogP contribution < -0.4 is 9.64 Å². The molecule has 1 atom stereocenters. The second kappa shape index (κ2) is 9.13. The Morgan fingerprint density at radius 1 is 1.18 bits per heavy atom. The largest absolute Gasteiger partial charge is 0.497 e. The molecule has 1 unspecified atom stereocenters. The average Bonchev–Trinajstić information content (AvgIpc) is 3.13. The Balaban J connectivity index is 2.03. The molecule has 1 aromatic heterocycles. The van der Waals surface area contributed by atoms with Gasteiger partial charge in [-0.25, -0.2) is 9.07 Å². The molecule has 0 bridgehead atoms. The van der Waals surface area contributed by atoms with Gasteiger partial charge >= 0.3 is 5.97 Å². The monoisotopic (exact) mass is 483 g/mol. The van der Waals surface area contributed by atoms with E-state index in [1.54, 1.807) is 36.1 Å². The van der Waals surface area contributed by atoms with Crippen molar-refractivity contribution in [3.63, 3.8) is 0 Å². The molecule has 178 valence electrons. The number of amides is 1. The zero-order valence-electron chi connectivity index (χ0n) is 19.4. The van der Waals surface area contributed by atoms with Gasteiger partial charge in [0.2, 0.25) is 5.91 Å². The maximum Gasteiger partial charge on any atom is 0.323 e. The number of carbonyl (C=O) groups is 2. The third-order valence-electron chi connectivity index (χ3n) is 5.58. The molecule has 0 saturated carbocycles. The number of fused-ring (bicyclic) bond motifs is 1. The highest BCUT2D eigenvalue weighted by molar-refractivity contribution is 8.00. The molecular weight excluding hydrogens is 457 g/mol. The number of ether oxygens (including phenoxy) is 1. The van der Waals surface area contributed by atoms with Gasteiger partial charge in [-0.15, -0.1) is 11.8 Å². The molecule has 0 spiro atoms. The van der Waals surface area contributed by atoms with Crippen LogP contribution in [0.2, 0.25) is 0 Å². The first-order chi connectivity index (χ1) is 16.1. The molecule has 34 heavy (non-hydrogen) atoms. The van der Waals surface area contributed by atoms with Gasteiger partial charge in [-0.05, 0) is 42.0 Å². The maximum atomic E-state index is 13.7. The van der Waals surface area contributed by atoms with E-state index in [4.69, 9.17) is 9.84 Å². The Bertz CT molecular complexity index is 1220. The molecule has 0 saturated heterocycles. The van der Waals surface area contributed by atoms with Gasteiger partial charge in [0.05, 0.1) is 29.5 Å². The van der Waals surface area contributed by atoms with Crippen LogP contribution in [0.1, 0.15) is 42.8 Å². The van der Waals surface area contributed by atoms with Gasteiger partial charge in [-0.1, -0.05) is 32.9 Å². The zero-order chi connectivity index (χ0) is 24.6. The number of hydrogen-bond donors (Lipinski definition) is 1. The predicted octanol–water partition coefficient (Wildman–Crippen LogP) is 4.57. The molecule has 1 aliphatic rings. The molecule has 2 heterocycles. The van der Waals surface area contributed by atoms with Crippen LogP contribution in [0.5, 0.6) is 5.75 Å².